The van der Waals surface area contributed by atoms with Gasteiger partial charge in [-0.05, 0) is 55.0 Å². The molecule has 0 radical (unpaired) electrons. The number of carbonyl (C=O) groups excluding carboxylic acids is 3. The molecule has 1 fully saturated rings. The second-order valence-corrected chi connectivity index (χ2v) is 8.83. The van der Waals surface area contributed by atoms with Crippen LogP contribution in [-0.4, -0.2) is 29.3 Å². The number of fused-ring (bicyclic) bond motifs is 1. The number of nitrogens with zero attached hydrogens (tertiary/aromatic N) is 1. The van der Waals surface area contributed by atoms with Gasteiger partial charge in [0.25, 0.3) is 5.91 Å². The molecule has 4 amide bonds. The van der Waals surface area contributed by atoms with Crippen molar-refractivity contribution in [3.63, 3.8) is 0 Å². The van der Waals surface area contributed by atoms with Gasteiger partial charge in [-0.1, -0.05) is 53.0 Å². The number of urea groups is 1. The van der Waals surface area contributed by atoms with Crippen LogP contribution in [0.1, 0.15) is 30.0 Å². The topological polar surface area (TPSA) is 78.5 Å². The maximum Gasteiger partial charge on any atom is 0.325 e. The minimum Gasteiger partial charge on any atom is -0.322 e. The zero-order chi connectivity index (χ0) is 21.6. The average Bonchev–Trinajstić information content (AvgIpc) is 3.23. The Morgan fingerprint density at radius 2 is 1.77 bits per heavy atom. The maximum atomic E-state index is 13.1. The van der Waals surface area contributed by atoms with Crippen molar-refractivity contribution in [3.05, 3.63) is 62.1 Å². The third-order valence-electron chi connectivity index (χ3n) is 5.52. The maximum absolute atomic E-state index is 13.1. The van der Waals surface area contributed by atoms with Gasteiger partial charge in [0.15, 0.2) is 0 Å². The molecule has 0 saturated carbocycles. The highest BCUT2D eigenvalue weighted by Gasteiger charge is 2.49. The molecule has 1 aliphatic carbocycles. The minimum atomic E-state index is -1.23. The number of nitrogens with one attached hydrogen (secondary N) is 2. The van der Waals surface area contributed by atoms with Crippen LogP contribution in [0.2, 0.25) is 15.1 Å². The van der Waals surface area contributed by atoms with Crippen molar-refractivity contribution in [2.45, 2.75) is 31.7 Å². The van der Waals surface area contributed by atoms with Crippen molar-refractivity contribution in [2.75, 3.05) is 11.9 Å². The molecule has 156 valence electrons. The largest absolute Gasteiger partial charge is 0.325 e. The van der Waals surface area contributed by atoms with Crippen LogP contribution in [0.4, 0.5) is 10.5 Å². The van der Waals surface area contributed by atoms with Crippen molar-refractivity contribution in [2.24, 2.45) is 0 Å². The standard InChI is InChI=1S/C21H18Cl3N3O3/c1-21(13-6-5-11-3-2-4-12(11)7-13)19(29)27(20(30)26-21)10-17(28)25-18-15(23)8-14(22)9-16(18)24/h5-9H,2-4,10H2,1H3,(H,25,28)(H,26,30). The highest BCUT2D eigenvalue weighted by molar-refractivity contribution is 6.42. The number of aryl methyl sites for hydroxylation is 2. The first kappa shape index (κ1) is 21.0. The number of hydrogen-bond acceptors (Lipinski definition) is 3. The lowest BCUT2D eigenvalue weighted by Crippen LogP contribution is -2.42. The van der Waals surface area contributed by atoms with Gasteiger partial charge >= 0.3 is 6.03 Å². The van der Waals surface area contributed by atoms with E-state index in [9.17, 15) is 14.4 Å². The molecule has 2 aromatic rings. The lowest BCUT2D eigenvalue weighted by atomic mass is 9.89. The van der Waals surface area contributed by atoms with E-state index in [1.165, 1.54) is 23.3 Å². The molecule has 1 aliphatic heterocycles. The van der Waals surface area contributed by atoms with Gasteiger partial charge in [0.1, 0.15) is 12.1 Å². The van der Waals surface area contributed by atoms with Gasteiger partial charge in [0.2, 0.25) is 5.91 Å². The summed E-state index contributed by atoms with van der Waals surface area (Å²) in [7, 11) is 0. The molecule has 1 atom stereocenters. The molecule has 0 bridgehead atoms. The second-order valence-electron chi connectivity index (χ2n) is 7.58. The Labute approximate surface area is 188 Å². The second kappa shape index (κ2) is 7.76. The Morgan fingerprint density at radius 3 is 2.47 bits per heavy atom. The smallest absolute Gasteiger partial charge is 0.322 e. The number of halogens is 3. The highest BCUT2D eigenvalue weighted by atomic mass is 35.5. The van der Waals surface area contributed by atoms with Crippen molar-refractivity contribution in [1.82, 2.24) is 10.2 Å². The van der Waals surface area contributed by atoms with E-state index >= 15 is 0 Å². The highest BCUT2D eigenvalue weighted by Crippen LogP contribution is 2.35. The van der Waals surface area contributed by atoms with Crippen molar-refractivity contribution in [3.8, 4) is 0 Å². The quantitative estimate of drug-likeness (QED) is 0.649. The molecule has 1 saturated heterocycles. The zero-order valence-corrected chi connectivity index (χ0v) is 18.3. The molecule has 9 heteroatoms. The summed E-state index contributed by atoms with van der Waals surface area (Å²) in [6, 6.07) is 8.07. The van der Waals surface area contributed by atoms with E-state index in [1.807, 2.05) is 18.2 Å². The number of hydrogen-bond donors (Lipinski definition) is 2. The molecule has 2 aromatic carbocycles. The molecule has 30 heavy (non-hydrogen) atoms. The Hall–Kier alpha value is -2.28. The SMILES string of the molecule is CC1(c2ccc3c(c2)CCC3)NC(=O)N(CC(=O)Nc2c(Cl)cc(Cl)cc2Cl)C1=O. The third kappa shape index (κ3) is 3.64. The molecule has 4 rings (SSSR count). The Kier molecular flexibility index (Phi) is 5.43. The van der Waals surface area contributed by atoms with Gasteiger partial charge in [-0.25, -0.2) is 4.79 Å². The van der Waals surface area contributed by atoms with E-state index in [-0.39, 0.29) is 15.7 Å². The number of imide groups is 1. The predicted molar refractivity (Wildman–Crippen MR) is 116 cm³/mol. The number of amides is 4. The lowest BCUT2D eigenvalue weighted by molar-refractivity contribution is -0.133. The summed E-state index contributed by atoms with van der Waals surface area (Å²) >= 11 is 18.0. The van der Waals surface area contributed by atoms with Crippen LogP contribution in [0.15, 0.2) is 30.3 Å². The fraction of sp³-hybridized carbons (Fsp3) is 0.286. The third-order valence-corrected chi connectivity index (χ3v) is 6.34. The van der Waals surface area contributed by atoms with E-state index in [4.69, 9.17) is 34.8 Å². The van der Waals surface area contributed by atoms with Gasteiger partial charge < -0.3 is 10.6 Å². The van der Waals surface area contributed by atoms with Crippen LogP contribution in [0.25, 0.3) is 0 Å². The van der Waals surface area contributed by atoms with Crippen molar-refractivity contribution >= 4 is 58.3 Å². The first-order valence-corrected chi connectivity index (χ1v) is 10.5. The van der Waals surface area contributed by atoms with Gasteiger partial charge in [-0.3, -0.25) is 14.5 Å². The van der Waals surface area contributed by atoms with Crippen LogP contribution in [0.3, 0.4) is 0 Å². The van der Waals surface area contributed by atoms with Crippen LogP contribution in [0.5, 0.6) is 0 Å². The monoisotopic (exact) mass is 465 g/mol. The van der Waals surface area contributed by atoms with Crippen molar-refractivity contribution in [1.29, 1.82) is 0 Å². The molecule has 0 spiro atoms. The van der Waals surface area contributed by atoms with Crippen LogP contribution < -0.4 is 10.6 Å². The summed E-state index contributed by atoms with van der Waals surface area (Å²) in [5, 5.41) is 5.89. The summed E-state index contributed by atoms with van der Waals surface area (Å²) < 4.78 is 0. The van der Waals surface area contributed by atoms with Crippen LogP contribution in [-0.2, 0) is 28.0 Å². The Bertz CT molecular complexity index is 1070. The van der Waals surface area contributed by atoms with Crippen LogP contribution in [0, 0.1) is 0 Å². The fourth-order valence-electron chi connectivity index (χ4n) is 3.90. The number of anilines is 1. The molecule has 0 aromatic heterocycles. The molecule has 2 aliphatic rings. The van der Waals surface area contributed by atoms with Gasteiger partial charge in [0, 0.05) is 5.02 Å². The Balaban J connectivity index is 1.52. The van der Waals surface area contributed by atoms with Crippen LogP contribution >= 0.6 is 34.8 Å². The van der Waals surface area contributed by atoms with Gasteiger partial charge in [-0.15, -0.1) is 0 Å². The van der Waals surface area contributed by atoms with E-state index in [1.54, 1.807) is 6.92 Å². The molecule has 2 N–H and O–H groups in total. The summed E-state index contributed by atoms with van der Waals surface area (Å²) in [5.74, 6) is -1.10. The van der Waals surface area contributed by atoms with Crippen molar-refractivity contribution < 1.29 is 14.4 Å². The molecule has 1 unspecified atom stereocenters. The number of benzene rings is 2. The van der Waals surface area contributed by atoms with Gasteiger partial charge in [0.05, 0.1) is 15.7 Å². The van der Waals surface area contributed by atoms with E-state index in [0.717, 1.165) is 24.2 Å². The predicted octanol–water partition coefficient (Wildman–Crippen LogP) is 4.54. The fourth-order valence-corrected chi connectivity index (χ4v) is 4.81. The first-order chi connectivity index (χ1) is 14.2. The number of rotatable bonds is 4. The Morgan fingerprint density at radius 1 is 1.10 bits per heavy atom. The zero-order valence-electron chi connectivity index (χ0n) is 16.0. The summed E-state index contributed by atoms with van der Waals surface area (Å²) in [6.07, 6.45) is 3.06. The summed E-state index contributed by atoms with van der Waals surface area (Å²) in [4.78, 5) is 39.0. The molecular formula is C21H18Cl3N3O3. The van der Waals surface area contributed by atoms with Gasteiger partial charge in [-0.2, -0.15) is 0 Å². The normalized spacial score (nSPS) is 20.3. The summed E-state index contributed by atoms with van der Waals surface area (Å²) in [5.41, 5.74) is 2.10. The first-order valence-electron chi connectivity index (χ1n) is 9.40. The minimum absolute atomic E-state index is 0.154. The molecule has 6 nitrogen and oxygen atoms in total. The summed E-state index contributed by atoms with van der Waals surface area (Å²) in [6.45, 7) is 1.18. The number of carbonyl (C=O) groups is 3. The van der Waals surface area contributed by atoms with E-state index in [2.05, 4.69) is 10.6 Å². The lowest BCUT2D eigenvalue weighted by Gasteiger charge is -2.23. The van der Waals surface area contributed by atoms with E-state index in [0.29, 0.717) is 10.6 Å². The average molecular weight is 467 g/mol. The molecule has 1 heterocycles. The van der Waals surface area contributed by atoms with E-state index < -0.39 is 29.9 Å². The molecular weight excluding hydrogens is 449 g/mol.